The lowest BCUT2D eigenvalue weighted by molar-refractivity contribution is -0.149. The van der Waals surface area contributed by atoms with Crippen LogP contribution in [0.4, 0.5) is 0 Å². The second kappa shape index (κ2) is 20.0. The summed E-state index contributed by atoms with van der Waals surface area (Å²) in [6, 6.07) is 15.0. The summed E-state index contributed by atoms with van der Waals surface area (Å²) in [4.78, 5) is 66.2. The van der Waals surface area contributed by atoms with E-state index >= 15 is 0 Å². The number of nitrogens with one attached hydrogen (secondary N) is 2. The van der Waals surface area contributed by atoms with Crippen LogP contribution in [0.5, 0.6) is 0 Å². The molecular weight excluding hydrogens is 648 g/mol. The fourth-order valence-electron chi connectivity index (χ4n) is 5.78. The van der Waals surface area contributed by atoms with Crippen LogP contribution in [0.2, 0.25) is 0 Å². The number of likely N-dealkylation sites (tertiary alicyclic amines) is 1. The zero-order chi connectivity index (χ0) is 35.3. The summed E-state index contributed by atoms with van der Waals surface area (Å²) in [5.41, 5.74) is 7.31. The molecule has 1 saturated heterocycles. The molecule has 1 unspecified atom stereocenters. The Morgan fingerprint density at radius 2 is 1.53 bits per heavy atom. The van der Waals surface area contributed by atoms with Crippen molar-refractivity contribution in [3.63, 3.8) is 0 Å². The van der Waals surface area contributed by atoms with Gasteiger partial charge in [0.25, 0.3) is 0 Å². The van der Waals surface area contributed by atoms with Gasteiger partial charge >= 0.3 is 5.97 Å². The van der Waals surface area contributed by atoms with Crippen LogP contribution in [0.1, 0.15) is 83.8 Å². The first-order valence-electron chi connectivity index (χ1n) is 16.9. The molecule has 49 heavy (non-hydrogen) atoms. The number of hydrogen-bond acceptors (Lipinski definition) is 7. The maximum atomic E-state index is 13.7. The maximum Gasteiger partial charge on any atom is 0.326 e. The monoisotopic (exact) mass is 700 g/mol. The average Bonchev–Trinajstić information content (AvgIpc) is 3.56. The minimum absolute atomic E-state index is 0. The molecule has 3 amide bonds. The summed E-state index contributed by atoms with van der Waals surface area (Å²) >= 11 is 0. The Morgan fingerprint density at radius 1 is 0.918 bits per heavy atom. The van der Waals surface area contributed by atoms with Crippen molar-refractivity contribution in [2.45, 2.75) is 116 Å². The summed E-state index contributed by atoms with van der Waals surface area (Å²) < 4.78 is 5.71. The van der Waals surface area contributed by atoms with Gasteiger partial charge in [-0.3, -0.25) is 19.2 Å². The molecule has 1 aliphatic heterocycles. The number of hydrogen-bond donors (Lipinski definition) is 4. The second-order valence-electron chi connectivity index (χ2n) is 13.7. The van der Waals surface area contributed by atoms with Crippen molar-refractivity contribution < 1.29 is 33.8 Å². The first kappa shape index (κ1) is 41.4. The number of nitrogens with zero attached hydrogens (tertiary/aromatic N) is 1. The highest BCUT2D eigenvalue weighted by Gasteiger charge is 2.40. The molecule has 1 aliphatic rings. The number of amides is 3. The largest absolute Gasteiger partial charge is 0.480 e. The van der Waals surface area contributed by atoms with Crippen LogP contribution >= 0.6 is 12.4 Å². The third-order valence-electron chi connectivity index (χ3n) is 8.70. The number of ether oxygens (including phenoxy) is 1. The number of ketones is 1. The normalized spacial score (nSPS) is 16.8. The maximum absolute atomic E-state index is 13.7. The molecule has 12 heteroatoms. The minimum atomic E-state index is -1.08. The summed E-state index contributed by atoms with van der Waals surface area (Å²) in [7, 11) is 0. The Bertz CT molecular complexity index is 1370. The van der Waals surface area contributed by atoms with Gasteiger partial charge in [0, 0.05) is 19.4 Å². The molecule has 3 rings (SSSR count). The van der Waals surface area contributed by atoms with Gasteiger partial charge in [0.15, 0.2) is 5.78 Å². The average molecular weight is 701 g/mol. The Balaban J connectivity index is 0.00000833. The molecule has 2 aromatic carbocycles. The van der Waals surface area contributed by atoms with Crippen LogP contribution < -0.4 is 16.4 Å². The van der Waals surface area contributed by atoms with E-state index in [9.17, 15) is 29.1 Å². The Labute approximate surface area is 296 Å². The SMILES string of the molecule is CC(OCc1ccccc1)C(=O)CCCCC[C@H](N)C(=O)N[C@@H](C(=O)N[C@@H](Cc1ccccc1)C(=O)N1CCC[C@@H]1C(=O)O)C(C)(C)C.Cl. The Hall–Kier alpha value is -3.80. The number of carboxylic acid groups (broad SMARTS) is 1. The highest BCUT2D eigenvalue weighted by atomic mass is 35.5. The third kappa shape index (κ3) is 13.2. The number of carbonyl (C=O) groups is 5. The molecule has 2 aromatic rings. The van der Waals surface area contributed by atoms with Gasteiger partial charge in [-0.2, -0.15) is 0 Å². The number of aliphatic carboxylic acids is 1. The van der Waals surface area contributed by atoms with Crippen LogP contribution in [0, 0.1) is 5.41 Å². The number of carboxylic acids is 1. The molecule has 11 nitrogen and oxygen atoms in total. The molecule has 0 radical (unpaired) electrons. The van der Waals surface area contributed by atoms with E-state index < -0.39 is 59.4 Å². The number of halogens is 1. The molecule has 0 spiro atoms. The van der Waals surface area contributed by atoms with Gasteiger partial charge in [0.2, 0.25) is 17.7 Å². The number of rotatable bonds is 18. The molecule has 5 atom stereocenters. The third-order valence-corrected chi connectivity index (χ3v) is 8.70. The van der Waals surface area contributed by atoms with Crippen LogP contribution in [-0.2, 0) is 41.7 Å². The van der Waals surface area contributed by atoms with Gasteiger partial charge in [-0.25, -0.2) is 4.79 Å². The molecule has 0 aliphatic carbocycles. The highest BCUT2D eigenvalue weighted by Crippen LogP contribution is 2.23. The van der Waals surface area contributed by atoms with Gasteiger partial charge in [-0.05, 0) is 49.1 Å². The lowest BCUT2D eigenvalue weighted by Gasteiger charge is -2.33. The van der Waals surface area contributed by atoms with Crippen molar-refractivity contribution in [1.82, 2.24) is 15.5 Å². The first-order chi connectivity index (χ1) is 22.8. The number of nitrogens with two attached hydrogens (primary N) is 1. The minimum Gasteiger partial charge on any atom is -0.480 e. The quantitative estimate of drug-likeness (QED) is 0.168. The first-order valence-corrected chi connectivity index (χ1v) is 16.9. The molecule has 5 N–H and O–H groups in total. The van der Waals surface area contributed by atoms with Crippen molar-refractivity contribution in [2.24, 2.45) is 11.1 Å². The fraction of sp³-hybridized carbons (Fsp3) is 0.541. The number of Topliss-reactive ketones (excluding diaryl/α,β-unsaturated/α-hetero) is 1. The zero-order valence-corrected chi connectivity index (χ0v) is 29.9. The van der Waals surface area contributed by atoms with Gasteiger partial charge in [0.05, 0.1) is 12.6 Å². The summed E-state index contributed by atoms with van der Waals surface area (Å²) in [5.74, 6) is -2.55. The molecule has 0 bridgehead atoms. The lowest BCUT2D eigenvalue weighted by Crippen LogP contribution is -2.60. The van der Waals surface area contributed by atoms with Crippen LogP contribution in [0.3, 0.4) is 0 Å². The van der Waals surface area contributed by atoms with E-state index in [4.69, 9.17) is 10.5 Å². The Morgan fingerprint density at radius 3 is 2.12 bits per heavy atom. The van der Waals surface area contributed by atoms with Crippen molar-refractivity contribution in [3.8, 4) is 0 Å². The van der Waals surface area contributed by atoms with Crippen LogP contribution in [0.25, 0.3) is 0 Å². The van der Waals surface area contributed by atoms with Gasteiger partial charge < -0.3 is 31.1 Å². The molecule has 0 aromatic heterocycles. The van der Waals surface area contributed by atoms with Gasteiger partial charge in [-0.15, -0.1) is 12.4 Å². The number of unbranched alkanes of at least 4 members (excludes halogenated alkanes) is 2. The van der Waals surface area contributed by atoms with E-state index in [1.165, 1.54) is 4.90 Å². The summed E-state index contributed by atoms with van der Waals surface area (Å²) in [5, 5.41) is 15.3. The molecule has 1 fully saturated rings. The molecule has 270 valence electrons. The lowest BCUT2D eigenvalue weighted by atomic mass is 9.85. The highest BCUT2D eigenvalue weighted by molar-refractivity contribution is 5.94. The predicted molar refractivity (Wildman–Crippen MR) is 190 cm³/mol. The smallest absolute Gasteiger partial charge is 0.326 e. The van der Waals surface area contributed by atoms with E-state index in [1.807, 2.05) is 60.7 Å². The summed E-state index contributed by atoms with van der Waals surface area (Å²) in [6.07, 6.45) is 3.30. The van der Waals surface area contributed by atoms with Crippen LogP contribution in [-0.4, -0.2) is 76.3 Å². The standard InChI is InChI=1S/C37H52N4O7.ClH/c1-25(48-24-27-17-10-6-11-18-27)31(42)21-13-7-12-19-28(38)33(43)40-32(37(2,3)4)34(44)39-29(23-26-15-8-5-9-16-26)35(45)41-22-14-20-30(41)36(46)47;/h5-6,8-11,15-18,25,28-30,32H,7,12-14,19-24,38H2,1-4H3,(H,39,44)(H,40,43)(H,46,47);1H/t25?,28-,29-,30+,32-;/m0./s1. The fourth-order valence-corrected chi connectivity index (χ4v) is 5.78. The molecule has 0 saturated carbocycles. The Kier molecular flexibility index (Phi) is 16.9. The second-order valence-corrected chi connectivity index (χ2v) is 13.7. The topological polar surface area (TPSA) is 168 Å². The zero-order valence-electron chi connectivity index (χ0n) is 29.1. The van der Waals surface area contributed by atoms with Crippen molar-refractivity contribution in [2.75, 3.05) is 6.54 Å². The van der Waals surface area contributed by atoms with Crippen LogP contribution in [0.15, 0.2) is 60.7 Å². The van der Waals surface area contributed by atoms with Gasteiger partial charge in [-0.1, -0.05) is 94.3 Å². The number of carbonyl (C=O) groups excluding carboxylic acids is 4. The van der Waals surface area contributed by atoms with E-state index in [-0.39, 0.29) is 24.6 Å². The van der Waals surface area contributed by atoms with Crippen molar-refractivity contribution >= 4 is 41.9 Å². The van der Waals surface area contributed by atoms with E-state index in [2.05, 4.69) is 10.6 Å². The molecular formula is C37H53ClN4O7. The van der Waals surface area contributed by atoms with E-state index in [1.54, 1.807) is 27.7 Å². The van der Waals surface area contributed by atoms with Crippen molar-refractivity contribution in [1.29, 1.82) is 0 Å². The summed E-state index contributed by atoms with van der Waals surface area (Å²) in [6.45, 7) is 7.84. The molecule has 1 heterocycles. The number of benzene rings is 2. The van der Waals surface area contributed by atoms with E-state index in [0.29, 0.717) is 58.1 Å². The van der Waals surface area contributed by atoms with E-state index in [0.717, 1.165) is 11.1 Å². The van der Waals surface area contributed by atoms with Crippen molar-refractivity contribution in [3.05, 3.63) is 71.8 Å². The predicted octanol–water partition coefficient (Wildman–Crippen LogP) is 4.19. The van der Waals surface area contributed by atoms with Gasteiger partial charge in [0.1, 0.15) is 24.2 Å².